The molecule has 0 saturated carbocycles. The monoisotopic (exact) mass is 247 g/mol. The first kappa shape index (κ1) is 10.9. The Hall–Kier alpha value is -2.24. The largest absolute Gasteiger partial charge is 0.442 e. The quantitative estimate of drug-likeness (QED) is 0.837. The van der Waals surface area contributed by atoms with E-state index in [-0.39, 0.29) is 11.8 Å². The summed E-state index contributed by atoms with van der Waals surface area (Å²) >= 11 is 0. The number of hydrogen-bond acceptors (Lipinski definition) is 3. The van der Waals surface area contributed by atoms with Crippen LogP contribution in [0.5, 0.6) is 0 Å². The van der Waals surface area contributed by atoms with E-state index < -0.39 is 6.09 Å². The van der Waals surface area contributed by atoms with Crippen LogP contribution in [0.3, 0.4) is 0 Å². The minimum atomic E-state index is -0.423. The van der Waals surface area contributed by atoms with E-state index in [2.05, 4.69) is 5.32 Å². The molecular weight excluding hydrogens is 234 g/mol. The maximum Gasteiger partial charge on any atom is 0.407 e. The summed E-state index contributed by atoms with van der Waals surface area (Å²) in [6.07, 6.45) is -0.714. The first-order valence-electron chi connectivity index (χ1n) is 5.75. The fraction of sp³-hybridized carbons (Fsp3) is 0.333. The lowest BCUT2D eigenvalue weighted by molar-refractivity contribution is 0.131. The maximum atomic E-state index is 12.1. The zero-order valence-electron chi connectivity index (χ0n) is 9.92. The van der Waals surface area contributed by atoms with Gasteiger partial charge in [0.2, 0.25) is 0 Å². The number of nitrogens with one attached hydrogen (secondary N) is 1. The van der Waals surface area contributed by atoms with Crippen LogP contribution in [0.25, 0.3) is 11.0 Å². The van der Waals surface area contributed by atoms with Gasteiger partial charge < -0.3 is 10.1 Å². The Morgan fingerprint density at radius 3 is 2.72 bits per heavy atom. The van der Waals surface area contributed by atoms with Crippen molar-refractivity contribution in [2.24, 2.45) is 7.05 Å². The number of fused-ring (bicyclic) bond motifs is 1. The van der Waals surface area contributed by atoms with Crippen LogP contribution in [0, 0.1) is 0 Å². The number of rotatable bonds is 2. The van der Waals surface area contributed by atoms with Crippen molar-refractivity contribution in [1.29, 1.82) is 0 Å². The molecule has 3 rings (SSSR count). The zero-order chi connectivity index (χ0) is 12.7. The Labute approximate surface area is 103 Å². The highest BCUT2D eigenvalue weighted by atomic mass is 16.6. The number of para-hydroxylation sites is 2. The Balaban J connectivity index is 2.04. The van der Waals surface area contributed by atoms with Gasteiger partial charge in [0.05, 0.1) is 24.1 Å². The van der Waals surface area contributed by atoms with Crippen molar-refractivity contribution in [1.82, 2.24) is 14.5 Å². The molecule has 0 bridgehead atoms. The minimum absolute atomic E-state index is 0.0980. The molecule has 6 heteroatoms. The van der Waals surface area contributed by atoms with Crippen molar-refractivity contribution in [3.63, 3.8) is 0 Å². The van der Waals surface area contributed by atoms with Crippen molar-refractivity contribution in [2.75, 3.05) is 6.54 Å². The summed E-state index contributed by atoms with van der Waals surface area (Å²) in [5, 5.41) is 2.58. The molecule has 1 saturated heterocycles. The normalized spacial score (nSPS) is 18.9. The van der Waals surface area contributed by atoms with Crippen LogP contribution in [0.4, 0.5) is 4.79 Å². The molecule has 1 fully saturated rings. The van der Waals surface area contributed by atoms with E-state index in [1.807, 2.05) is 24.3 Å². The third kappa shape index (κ3) is 1.57. The number of benzene rings is 1. The van der Waals surface area contributed by atoms with Gasteiger partial charge in [0, 0.05) is 7.05 Å². The van der Waals surface area contributed by atoms with Crippen LogP contribution >= 0.6 is 0 Å². The van der Waals surface area contributed by atoms with Crippen molar-refractivity contribution >= 4 is 17.1 Å². The predicted molar refractivity (Wildman–Crippen MR) is 65.5 cm³/mol. The van der Waals surface area contributed by atoms with E-state index in [0.29, 0.717) is 13.1 Å². The molecule has 2 aromatic rings. The number of amides is 1. The second-order valence-electron chi connectivity index (χ2n) is 4.35. The summed E-state index contributed by atoms with van der Waals surface area (Å²) in [5.74, 6) is 0. The van der Waals surface area contributed by atoms with Crippen molar-refractivity contribution in [3.8, 4) is 0 Å². The molecule has 18 heavy (non-hydrogen) atoms. The van der Waals surface area contributed by atoms with Gasteiger partial charge in [-0.05, 0) is 12.1 Å². The van der Waals surface area contributed by atoms with Gasteiger partial charge in [-0.1, -0.05) is 12.1 Å². The van der Waals surface area contributed by atoms with E-state index in [1.54, 1.807) is 16.2 Å². The van der Waals surface area contributed by atoms with E-state index in [4.69, 9.17) is 4.74 Å². The number of carbonyl (C=O) groups excluding carboxylic acids is 1. The lowest BCUT2D eigenvalue weighted by Gasteiger charge is -2.08. The first-order chi connectivity index (χ1) is 8.66. The van der Waals surface area contributed by atoms with Crippen LogP contribution in [-0.4, -0.2) is 27.9 Å². The van der Waals surface area contributed by atoms with Crippen LogP contribution < -0.4 is 11.0 Å². The van der Waals surface area contributed by atoms with Gasteiger partial charge in [0.1, 0.15) is 6.10 Å². The van der Waals surface area contributed by atoms with Gasteiger partial charge in [-0.2, -0.15) is 0 Å². The van der Waals surface area contributed by atoms with Gasteiger partial charge >= 0.3 is 11.8 Å². The molecule has 1 aromatic heterocycles. The fourth-order valence-electron chi connectivity index (χ4n) is 2.28. The fourth-order valence-corrected chi connectivity index (χ4v) is 2.28. The SMILES string of the molecule is Cn1c(=O)n(CC2CNC(=O)O2)c2ccccc21. The smallest absolute Gasteiger partial charge is 0.407 e. The molecule has 2 heterocycles. The van der Waals surface area contributed by atoms with E-state index >= 15 is 0 Å². The number of nitrogens with zero attached hydrogens (tertiary/aromatic N) is 2. The van der Waals surface area contributed by atoms with Crippen LogP contribution in [0.15, 0.2) is 29.1 Å². The molecule has 94 valence electrons. The molecule has 1 amide bonds. The predicted octanol–water partition coefficient (Wildman–Crippen LogP) is 0.448. The van der Waals surface area contributed by atoms with Crippen molar-refractivity contribution in [3.05, 3.63) is 34.7 Å². The van der Waals surface area contributed by atoms with Gasteiger partial charge in [0.25, 0.3) is 0 Å². The number of carbonyl (C=O) groups is 1. The average Bonchev–Trinajstić information content (AvgIpc) is 2.88. The number of cyclic esters (lactones) is 1. The van der Waals surface area contributed by atoms with Crippen molar-refractivity contribution < 1.29 is 9.53 Å². The summed E-state index contributed by atoms with van der Waals surface area (Å²) in [7, 11) is 1.74. The molecule has 0 spiro atoms. The minimum Gasteiger partial charge on any atom is -0.442 e. The third-order valence-corrected chi connectivity index (χ3v) is 3.19. The van der Waals surface area contributed by atoms with E-state index in [9.17, 15) is 9.59 Å². The van der Waals surface area contributed by atoms with Crippen molar-refractivity contribution in [2.45, 2.75) is 12.6 Å². The lowest BCUT2D eigenvalue weighted by atomic mass is 10.3. The van der Waals surface area contributed by atoms with Crippen LogP contribution in [0.2, 0.25) is 0 Å². The van der Waals surface area contributed by atoms with Crippen LogP contribution in [-0.2, 0) is 18.3 Å². The number of hydrogen-bond donors (Lipinski definition) is 1. The molecule has 1 aliphatic rings. The Kier molecular flexibility index (Phi) is 2.36. The number of ether oxygens (including phenoxy) is 1. The Morgan fingerprint density at radius 1 is 1.33 bits per heavy atom. The molecule has 0 aliphatic carbocycles. The molecule has 1 aromatic carbocycles. The molecule has 0 radical (unpaired) electrons. The summed E-state index contributed by atoms with van der Waals surface area (Å²) in [4.78, 5) is 23.1. The van der Waals surface area contributed by atoms with Gasteiger partial charge in [0.15, 0.2) is 0 Å². The highest BCUT2D eigenvalue weighted by Crippen LogP contribution is 2.13. The molecule has 1 unspecified atom stereocenters. The molecule has 6 nitrogen and oxygen atoms in total. The van der Waals surface area contributed by atoms with E-state index in [1.165, 1.54) is 0 Å². The standard InChI is InChI=1S/C12H13N3O3/c1-14-9-4-2-3-5-10(9)15(12(14)17)7-8-6-13-11(16)18-8/h2-5,8H,6-7H2,1H3,(H,13,16). The van der Waals surface area contributed by atoms with Gasteiger partial charge in [-0.3, -0.25) is 9.13 Å². The summed E-state index contributed by atoms with van der Waals surface area (Å²) < 4.78 is 8.30. The van der Waals surface area contributed by atoms with Gasteiger partial charge in [-0.15, -0.1) is 0 Å². The molecular formula is C12H13N3O3. The summed E-state index contributed by atoms with van der Waals surface area (Å²) in [6, 6.07) is 7.56. The molecule has 1 aliphatic heterocycles. The molecule has 1 atom stereocenters. The zero-order valence-corrected chi connectivity index (χ0v) is 9.92. The number of aromatic nitrogens is 2. The number of imidazole rings is 1. The van der Waals surface area contributed by atoms with Crippen LogP contribution in [0.1, 0.15) is 0 Å². The van der Waals surface area contributed by atoms with Gasteiger partial charge in [-0.25, -0.2) is 9.59 Å². The Bertz CT molecular complexity index is 671. The van der Waals surface area contributed by atoms with E-state index in [0.717, 1.165) is 11.0 Å². The Morgan fingerprint density at radius 2 is 2.06 bits per heavy atom. The third-order valence-electron chi connectivity index (χ3n) is 3.19. The number of aryl methyl sites for hydroxylation is 1. The summed E-state index contributed by atoms with van der Waals surface area (Å²) in [6.45, 7) is 0.813. The summed E-state index contributed by atoms with van der Waals surface area (Å²) in [5.41, 5.74) is 1.63. The maximum absolute atomic E-state index is 12.1. The second kappa shape index (κ2) is 3.90. The lowest BCUT2D eigenvalue weighted by Crippen LogP contribution is -2.29. The number of alkyl carbamates (subject to hydrolysis) is 1. The topological polar surface area (TPSA) is 65.3 Å². The second-order valence-corrected chi connectivity index (χ2v) is 4.35. The highest BCUT2D eigenvalue weighted by Gasteiger charge is 2.24. The average molecular weight is 247 g/mol. The molecule has 1 N–H and O–H groups in total. The highest BCUT2D eigenvalue weighted by molar-refractivity contribution is 5.76. The first-order valence-corrected chi connectivity index (χ1v) is 5.75.